The van der Waals surface area contributed by atoms with Crippen molar-refractivity contribution in [1.29, 1.82) is 0 Å². The van der Waals surface area contributed by atoms with Gasteiger partial charge < -0.3 is 5.11 Å². The second-order valence-electron chi connectivity index (χ2n) is 8.94. The van der Waals surface area contributed by atoms with Crippen molar-refractivity contribution in [2.45, 2.75) is 69.6 Å². The van der Waals surface area contributed by atoms with Crippen LogP contribution in [-0.2, 0) is 23.0 Å². The summed E-state index contributed by atoms with van der Waals surface area (Å²) in [5, 5.41) is 15.2. The molecular formula is C25H27F3N2O2. The average Bonchev–Trinajstić information content (AvgIpc) is 3.04. The summed E-state index contributed by atoms with van der Waals surface area (Å²) in [7, 11) is 0. The number of alkyl halides is 3. The highest BCUT2D eigenvalue weighted by atomic mass is 19.4. The Bertz CT molecular complexity index is 1100. The second-order valence-corrected chi connectivity index (χ2v) is 8.94. The van der Waals surface area contributed by atoms with Crippen LogP contribution in [0.25, 0.3) is 5.52 Å². The molecule has 0 bridgehead atoms. The third-order valence-electron chi connectivity index (χ3n) is 6.40. The Hall–Kier alpha value is -2.67. The van der Waals surface area contributed by atoms with Crippen LogP contribution >= 0.6 is 0 Å². The molecule has 1 aromatic carbocycles. The van der Waals surface area contributed by atoms with Crippen molar-refractivity contribution in [1.82, 2.24) is 9.61 Å². The molecule has 4 nitrogen and oxygen atoms in total. The van der Waals surface area contributed by atoms with Crippen molar-refractivity contribution in [2.75, 3.05) is 0 Å². The molecule has 0 amide bonds. The number of carbonyl (C=O) groups excluding carboxylic acids is 1. The number of aliphatic hydroxyl groups is 1. The van der Waals surface area contributed by atoms with E-state index < -0.39 is 17.3 Å². The molecule has 2 heterocycles. The van der Waals surface area contributed by atoms with Crippen LogP contribution < -0.4 is 0 Å². The summed E-state index contributed by atoms with van der Waals surface area (Å²) in [6, 6.07) is 11.3. The molecule has 2 aromatic heterocycles. The first kappa shape index (κ1) is 22.5. The number of aryl methyl sites for hydroxylation is 1. The largest absolute Gasteiger partial charge is 0.416 e. The van der Waals surface area contributed by atoms with Gasteiger partial charge in [0, 0.05) is 24.6 Å². The van der Waals surface area contributed by atoms with E-state index in [1.165, 1.54) is 16.8 Å². The van der Waals surface area contributed by atoms with E-state index in [4.69, 9.17) is 0 Å². The highest BCUT2D eigenvalue weighted by Gasteiger charge is 2.33. The summed E-state index contributed by atoms with van der Waals surface area (Å²) in [6.07, 6.45) is 1.30. The van der Waals surface area contributed by atoms with Gasteiger partial charge in [-0.05, 0) is 56.2 Å². The van der Waals surface area contributed by atoms with Gasteiger partial charge in [0.15, 0.2) is 0 Å². The van der Waals surface area contributed by atoms with Crippen molar-refractivity contribution < 1.29 is 23.1 Å². The van der Waals surface area contributed by atoms with Crippen molar-refractivity contribution in [3.63, 3.8) is 0 Å². The molecule has 7 heteroatoms. The Morgan fingerprint density at radius 2 is 1.88 bits per heavy atom. The molecule has 1 aliphatic carbocycles. The zero-order valence-electron chi connectivity index (χ0n) is 18.0. The number of Topliss-reactive ketones (excluding diaryl/α,β-unsaturated/α-hetero) is 1. The van der Waals surface area contributed by atoms with Crippen LogP contribution in [0.5, 0.6) is 0 Å². The maximum absolute atomic E-state index is 13.2. The Morgan fingerprint density at radius 1 is 1.16 bits per heavy atom. The van der Waals surface area contributed by atoms with E-state index in [9.17, 15) is 23.1 Å². The van der Waals surface area contributed by atoms with Gasteiger partial charge in [0.1, 0.15) is 5.78 Å². The number of hydrogen-bond donors (Lipinski definition) is 1. The molecule has 3 aromatic rings. The van der Waals surface area contributed by atoms with E-state index in [1.54, 1.807) is 19.1 Å². The lowest BCUT2D eigenvalue weighted by Crippen LogP contribution is -2.25. The van der Waals surface area contributed by atoms with E-state index in [2.05, 4.69) is 5.10 Å². The molecule has 0 unspecified atom stereocenters. The van der Waals surface area contributed by atoms with Gasteiger partial charge >= 0.3 is 6.18 Å². The number of halogens is 3. The molecular weight excluding hydrogens is 417 g/mol. The summed E-state index contributed by atoms with van der Waals surface area (Å²) in [4.78, 5) is 12.5. The fourth-order valence-electron chi connectivity index (χ4n) is 4.44. The van der Waals surface area contributed by atoms with Crippen molar-refractivity contribution >= 4 is 11.3 Å². The van der Waals surface area contributed by atoms with Crippen molar-refractivity contribution in [2.24, 2.45) is 0 Å². The summed E-state index contributed by atoms with van der Waals surface area (Å²) in [5.74, 6) is 0.174. The fraction of sp³-hybridized carbons (Fsp3) is 0.440. The SMILES string of the molecule is C[C@@](O)(CC(=O)CCCc1nn2ccc(C(F)(F)F)cc2c1C1CCC1)c1ccccc1. The Labute approximate surface area is 185 Å². The van der Waals surface area contributed by atoms with Crippen LogP contribution in [-0.4, -0.2) is 20.5 Å². The molecule has 32 heavy (non-hydrogen) atoms. The van der Waals surface area contributed by atoms with E-state index in [0.717, 1.165) is 36.6 Å². The number of fused-ring (bicyclic) bond motifs is 1. The minimum absolute atomic E-state index is 0.0204. The van der Waals surface area contributed by atoms with Crippen LogP contribution in [0, 0.1) is 0 Å². The van der Waals surface area contributed by atoms with Gasteiger partial charge in [-0.15, -0.1) is 0 Å². The zero-order chi connectivity index (χ0) is 22.9. The summed E-state index contributed by atoms with van der Waals surface area (Å²) < 4.78 is 41.2. The molecule has 1 saturated carbocycles. The number of aromatic nitrogens is 2. The van der Waals surface area contributed by atoms with Gasteiger partial charge in [-0.1, -0.05) is 36.8 Å². The second kappa shape index (κ2) is 8.70. The monoisotopic (exact) mass is 444 g/mol. The Kier molecular flexibility index (Phi) is 6.12. The van der Waals surface area contributed by atoms with Crippen LogP contribution in [0.1, 0.15) is 73.8 Å². The number of hydrogen-bond acceptors (Lipinski definition) is 3. The molecule has 1 N–H and O–H groups in total. The van der Waals surface area contributed by atoms with Crippen molar-refractivity contribution in [3.8, 4) is 0 Å². The number of rotatable bonds is 8. The van der Waals surface area contributed by atoms with Gasteiger partial charge in [0.2, 0.25) is 0 Å². The van der Waals surface area contributed by atoms with Crippen LogP contribution in [0.3, 0.4) is 0 Å². The molecule has 1 fully saturated rings. The molecule has 0 radical (unpaired) electrons. The van der Waals surface area contributed by atoms with Gasteiger partial charge in [0.05, 0.1) is 22.4 Å². The molecule has 1 aliphatic rings. The lowest BCUT2D eigenvalue weighted by molar-refractivity contribution is -0.137. The molecule has 0 spiro atoms. The van der Waals surface area contributed by atoms with E-state index in [-0.39, 0.29) is 24.5 Å². The summed E-state index contributed by atoms with van der Waals surface area (Å²) in [5.41, 5.74) is 0.976. The lowest BCUT2D eigenvalue weighted by atomic mass is 9.78. The first-order chi connectivity index (χ1) is 15.1. The number of benzene rings is 1. The fourth-order valence-corrected chi connectivity index (χ4v) is 4.44. The van der Waals surface area contributed by atoms with Gasteiger partial charge in [-0.3, -0.25) is 4.79 Å². The Morgan fingerprint density at radius 3 is 2.50 bits per heavy atom. The number of pyridine rings is 1. The Balaban J connectivity index is 1.46. The standard InChI is InChI=1S/C25H27F3N2O2/c1-24(32,18-9-3-2-4-10-18)16-20(31)11-6-12-21-23(17-7-5-8-17)22-15-19(25(26,27)28)13-14-30(22)29-21/h2-4,9-10,13-15,17,32H,5-8,11-12,16H2,1H3/t24-/m1/s1. The third kappa shape index (κ3) is 4.72. The molecule has 1 atom stereocenters. The minimum atomic E-state index is -4.40. The lowest BCUT2D eigenvalue weighted by Gasteiger charge is -2.26. The van der Waals surface area contributed by atoms with E-state index >= 15 is 0 Å². The predicted molar refractivity (Wildman–Crippen MR) is 115 cm³/mol. The molecule has 4 rings (SSSR count). The quantitative estimate of drug-likeness (QED) is 0.477. The maximum Gasteiger partial charge on any atom is 0.416 e. The van der Waals surface area contributed by atoms with Gasteiger partial charge in [-0.2, -0.15) is 18.3 Å². The smallest absolute Gasteiger partial charge is 0.385 e. The number of nitrogens with zero attached hydrogens (tertiary/aromatic N) is 2. The van der Waals surface area contributed by atoms with Gasteiger partial charge in [0.25, 0.3) is 0 Å². The minimum Gasteiger partial charge on any atom is -0.385 e. The maximum atomic E-state index is 13.2. The molecule has 0 saturated heterocycles. The molecule has 170 valence electrons. The van der Waals surface area contributed by atoms with Crippen molar-refractivity contribution in [3.05, 3.63) is 71.0 Å². The summed E-state index contributed by atoms with van der Waals surface area (Å²) >= 11 is 0. The average molecular weight is 444 g/mol. The van der Waals surface area contributed by atoms with Gasteiger partial charge in [-0.25, -0.2) is 4.52 Å². The topological polar surface area (TPSA) is 54.6 Å². The summed E-state index contributed by atoms with van der Waals surface area (Å²) in [6.45, 7) is 1.63. The molecule has 0 aliphatic heterocycles. The van der Waals surface area contributed by atoms with Crippen LogP contribution in [0.2, 0.25) is 0 Å². The van der Waals surface area contributed by atoms with E-state index in [0.29, 0.717) is 23.9 Å². The third-order valence-corrected chi connectivity index (χ3v) is 6.40. The highest BCUT2D eigenvalue weighted by Crippen LogP contribution is 2.41. The zero-order valence-corrected chi connectivity index (χ0v) is 18.0. The highest BCUT2D eigenvalue weighted by molar-refractivity contribution is 5.79. The first-order valence-corrected chi connectivity index (χ1v) is 11.0. The first-order valence-electron chi connectivity index (χ1n) is 11.0. The number of ketones is 1. The van der Waals surface area contributed by atoms with E-state index in [1.807, 2.05) is 18.2 Å². The van der Waals surface area contributed by atoms with Crippen LogP contribution in [0.15, 0.2) is 48.7 Å². The number of carbonyl (C=O) groups is 1. The van der Waals surface area contributed by atoms with Crippen LogP contribution in [0.4, 0.5) is 13.2 Å². The normalized spacial score (nSPS) is 16.7. The predicted octanol–water partition coefficient (Wildman–Crippen LogP) is 5.81.